The number of fused-ring (bicyclic) bond motifs is 1. The van der Waals surface area contributed by atoms with Crippen LogP contribution in [0, 0.1) is 0 Å². The van der Waals surface area contributed by atoms with Gasteiger partial charge in [-0.25, -0.2) is 9.78 Å². The van der Waals surface area contributed by atoms with E-state index in [1.807, 2.05) is 12.1 Å². The first-order valence-electron chi connectivity index (χ1n) is 7.00. The van der Waals surface area contributed by atoms with Crippen LogP contribution in [-0.4, -0.2) is 22.0 Å². The second-order valence-corrected chi connectivity index (χ2v) is 5.05. The number of rotatable bonds is 4. The number of hydrogen-bond acceptors (Lipinski definition) is 5. The SMILES string of the molecule is CCOC(=O)c1nc2ccccn2c1N=Nc1cccc(Cl)c1. The zero-order chi connectivity index (χ0) is 16.2. The molecule has 0 atom stereocenters. The standard InChI is InChI=1S/C16H13ClN4O2/c1-2-23-16(22)14-15(21-9-4-3-8-13(21)18-14)20-19-12-7-5-6-11(17)10-12/h3-10H,2H2,1H3. The summed E-state index contributed by atoms with van der Waals surface area (Å²) >= 11 is 5.93. The lowest BCUT2D eigenvalue weighted by Gasteiger charge is -1.99. The second kappa shape index (κ2) is 6.58. The number of aromatic nitrogens is 2. The van der Waals surface area contributed by atoms with E-state index in [-0.39, 0.29) is 12.3 Å². The van der Waals surface area contributed by atoms with E-state index in [1.54, 1.807) is 47.9 Å². The fourth-order valence-electron chi connectivity index (χ4n) is 2.06. The Morgan fingerprint density at radius 3 is 2.91 bits per heavy atom. The molecule has 0 spiro atoms. The van der Waals surface area contributed by atoms with E-state index < -0.39 is 5.97 Å². The monoisotopic (exact) mass is 328 g/mol. The number of imidazole rings is 1. The molecule has 0 aliphatic rings. The summed E-state index contributed by atoms with van der Waals surface area (Å²) in [7, 11) is 0. The highest BCUT2D eigenvalue weighted by Gasteiger charge is 2.20. The molecule has 0 radical (unpaired) electrons. The highest BCUT2D eigenvalue weighted by atomic mass is 35.5. The van der Waals surface area contributed by atoms with Crippen LogP contribution in [0.5, 0.6) is 0 Å². The lowest BCUT2D eigenvalue weighted by Crippen LogP contribution is -2.05. The van der Waals surface area contributed by atoms with Crippen molar-refractivity contribution < 1.29 is 9.53 Å². The summed E-state index contributed by atoms with van der Waals surface area (Å²) < 4.78 is 6.71. The van der Waals surface area contributed by atoms with Gasteiger partial charge in [0, 0.05) is 11.2 Å². The summed E-state index contributed by atoms with van der Waals surface area (Å²) in [4.78, 5) is 16.3. The highest BCUT2D eigenvalue weighted by molar-refractivity contribution is 6.30. The molecule has 0 N–H and O–H groups in total. The second-order valence-electron chi connectivity index (χ2n) is 4.61. The number of hydrogen-bond donors (Lipinski definition) is 0. The third-order valence-corrected chi connectivity index (χ3v) is 3.28. The largest absolute Gasteiger partial charge is 0.461 e. The highest BCUT2D eigenvalue weighted by Crippen LogP contribution is 2.25. The number of pyridine rings is 1. The van der Waals surface area contributed by atoms with Crippen molar-refractivity contribution in [2.24, 2.45) is 10.2 Å². The van der Waals surface area contributed by atoms with Crippen molar-refractivity contribution in [3.8, 4) is 0 Å². The van der Waals surface area contributed by atoms with Crippen molar-refractivity contribution in [3.63, 3.8) is 0 Å². The van der Waals surface area contributed by atoms with E-state index in [9.17, 15) is 4.79 Å². The predicted molar refractivity (Wildman–Crippen MR) is 86.8 cm³/mol. The van der Waals surface area contributed by atoms with Crippen molar-refractivity contribution in [3.05, 3.63) is 59.4 Å². The van der Waals surface area contributed by atoms with Crippen molar-refractivity contribution in [2.45, 2.75) is 6.92 Å². The van der Waals surface area contributed by atoms with Crippen LogP contribution in [0.1, 0.15) is 17.4 Å². The predicted octanol–water partition coefficient (Wildman–Crippen LogP) is 4.58. The van der Waals surface area contributed by atoms with Crippen LogP contribution < -0.4 is 0 Å². The molecule has 116 valence electrons. The van der Waals surface area contributed by atoms with Crippen molar-refractivity contribution >= 4 is 34.7 Å². The maximum Gasteiger partial charge on any atom is 0.360 e. The van der Waals surface area contributed by atoms with Gasteiger partial charge in [0.1, 0.15) is 5.65 Å². The van der Waals surface area contributed by atoms with Gasteiger partial charge in [-0.3, -0.25) is 4.40 Å². The fraction of sp³-hybridized carbons (Fsp3) is 0.125. The maximum atomic E-state index is 12.1. The zero-order valence-electron chi connectivity index (χ0n) is 12.3. The number of azo groups is 1. The molecular formula is C16H13ClN4O2. The van der Waals surface area contributed by atoms with Crippen molar-refractivity contribution in [1.29, 1.82) is 0 Å². The molecule has 0 saturated heterocycles. The summed E-state index contributed by atoms with van der Waals surface area (Å²) in [5.41, 5.74) is 1.30. The molecule has 0 saturated carbocycles. The molecule has 0 aliphatic heterocycles. The number of nitrogens with zero attached hydrogens (tertiary/aromatic N) is 4. The smallest absolute Gasteiger partial charge is 0.360 e. The number of halogens is 1. The van der Waals surface area contributed by atoms with Gasteiger partial charge in [-0.05, 0) is 37.3 Å². The number of benzene rings is 1. The minimum absolute atomic E-state index is 0.129. The molecule has 3 aromatic rings. The van der Waals surface area contributed by atoms with Crippen LogP contribution in [0.2, 0.25) is 5.02 Å². The Balaban J connectivity index is 2.07. The van der Waals surface area contributed by atoms with Gasteiger partial charge >= 0.3 is 5.97 Å². The maximum absolute atomic E-state index is 12.1. The number of ether oxygens (including phenoxy) is 1. The lowest BCUT2D eigenvalue weighted by molar-refractivity contribution is 0.0521. The van der Waals surface area contributed by atoms with Gasteiger partial charge in [0.2, 0.25) is 0 Å². The van der Waals surface area contributed by atoms with E-state index in [2.05, 4.69) is 15.2 Å². The number of esters is 1. The Kier molecular flexibility index (Phi) is 4.34. The van der Waals surface area contributed by atoms with E-state index in [0.717, 1.165) is 0 Å². The van der Waals surface area contributed by atoms with Crippen LogP contribution in [0.3, 0.4) is 0 Å². The topological polar surface area (TPSA) is 68.3 Å². The average molecular weight is 329 g/mol. The average Bonchev–Trinajstić information content (AvgIpc) is 2.92. The molecule has 1 aromatic carbocycles. The Morgan fingerprint density at radius 2 is 2.13 bits per heavy atom. The van der Waals surface area contributed by atoms with Gasteiger partial charge < -0.3 is 4.74 Å². The molecule has 0 bridgehead atoms. The molecule has 0 unspecified atom stereocenters. The minimum Gasteiger partial charge on any atom is -0.461 e. The summed E-state index contributed by atoms with van der Waals surface area (Å²) in [6, 6.07) is 12.4. The number of carbonyl (C=O) groups is 1. The Bertz CT molecular complexity index is 889. The summed E-state index contributed by atoms with van der Waals surface area (Å²) in [6.45, 7) is 2.00. The van der Waals surface area contributed by atoms with Gasteiger partial charge in [-0.15, -0.1) is 10.2 Å². The normalized spacial score (nSPS) is 11.2. The third-order valence-electron chi connectivity index (χ3n) is 3.04. The fourth-order valence-corrected chi connectivity index (χ4v) is 2.24. The Morgan fingerprint density at radius 1 is 1.26 bits per heavy atom. The van der Waals surface area contributed by atoms with Crippen molar-refractivity contribution in [1.82, 2.24) is 9.38 Å². The molecular weight excluding hydrogens is 316 g/mol. The summed E-state index contributed by atoms with van der Waals surface area (Å²) in [5.74, 6) is -0.213. The molecule has 6 nitrogen and oxygen atoms in total. The minimum atomic E-state index is -0.531. The number of carbonyl (C=O) groups excluding carboxylic acids is 1. The molecule has 0 fully saturated rings. The lowest BCUT2D eigenvalue weighted by atomic mass is 10.3. The Hall–Kier alpha value is -2.73. The van der Waals surface area contributed by atoms with E-state index in [4.69, 9.17) is 16.3 Å². The summed E-state index contributed by atoms with van der Waals surface area (Å²) in [5, 5.41) is 8.87. The first kappa shape index (κ1) is 15.2. The quantitative estimate of drug-likeness (QED) is 0.520. The van der Waals surface area contributed by atoms with Gasteiger partial charge in [-0.2, -0.15) is 0 Å². The molecule has 7 heteroatoms. The first-order chi connectivity index (χ1) is 11.2. The Labute approximate surface area is 137 Å². The summed E-state index contributed by atoms with van der Waals surface area (Å²) in [6.07, 6.45) is 1.76. The molecule has 2 heterocycles. The van der Waals surface area contributed by atoms with Crippen LogP contribution in [0.4, 0.5) is 11.5 Å². The van der Waals surface area contributed by atoms with E-state index >= 15 is 0 Å². The van der Waals surface area contributed by atoms with Crippen LogP contribution >= 0.6 is 11.6 Å². The van der Waals surface area contributed by atoms with Gasteiger partial charge in [0.25, 0.3) is 0 Å². The van der Waals surface area contributed by atoms with Gasteiger partial charge in [-0.1, -0.05) is 23.7 Å². The first-order valence-corrected chi connectivity index (χ1v) is 7.38. The third kappa shape index (κ3) is 3.22. The van der Waals surface area contributed by atoms with E-state index in [0.29, 0.717) is 22.2 Å². The molecule has 3 rings (SSSR count). The van der Waals surface area contributed by atoms with Gasteiger partial charge in [0.05, 0.1) is 12.3 Å². The van der Waals surface area contributed by atoms with Crippen LogP contribution in [0.15, 0.2) is 58.9 Å². The van der Waals surface area contributed by atoms with Crippen LogP contribution in [-0.2, 0) is 4.74 Å². The molecule has 0 aliphatic carbocycles. The van der Waals surface area contributed by atoms with Crippen LogP contribution in [0.25, 0.3) is 5.65 Å². The van der Waals surface area contributed by atoms with E-state index in [1.165, 1.54) is 0 Å². The van der Waals surface area contributed by atoms with Gasteiger partial charge in [0.15, 0.2) is 11.5 Å². The molecule has 2 aromatic heterocycles. The molecule has 0 amide bonds. The zero-order valence-corrected chi connectivity index (χ0v) is 13.1. The van der Waals surface area contributed by atoms with Crippen molar-refractivity contribution in [2.75, 3.05) is 6.61 Å². The molecule has 23 heavy (non-hydrogen) atoms.